The van der Waals surface area contributed by atoms with Gasteiger partial charge in [0.25, 0.3) is 0 Å². The van der Waals surface area contributed by atoms with Gasteiger partial charge in [-0.25, -0.2) is 0 Å². The summed E-state index contributed by atoms with van der Waals surface area (Å²) >= 11 is 0. The lowest BCUT2D eigenvalue weighted by Crippen LogP contribution is -3.11. The second kappa shape index (κ2) is 64.7. The fourth-order valence-corrected chi connectivity index (χ4v) is 1.84. The van der Waals surface area contributed by atoms with E-state index in [4.69, 9.17) is 5.60 Å². The topological polar surface area (TPSA) is 181 Å². The van der Waals surface area contributed by atoms with E-state index in [0.717, 1.165) is 0 Å². The van der Waals surface area contributed by atoms with Crippen LogP contribution in [0.1, 0.15) is 104 Å². The Morgan fingerprint density at radius 1 is 0.789 bits per heavy atom. The first-order valence-corrected chi connectivity index (χ1v) is 12.9. The second-order valence-corrected chi connectivity index (χ2v) is 5.68. The Balaban J connectivity index is -0.0000000570. The lowest BCUT2D eigenvalue weighted by molar-refractivity contribution is -0.894. The third kappa shape index (κ3) is 76.5. The lowest BCUT2D eigenvalue weighted by Gasteiger charge is -2.10. The van der Waals surface area contributed by atoms with E-state index in [1.165, 1.54) is 40.9 Å². The largest absolute Gasteiger partial charge is 0.550 e. The van der Waals surface area contributed by atoms with Crippen LogP contribution < -0.4 is 15.7 Å². The predicted octanol–water partition coefficient (Wildman–Crippen LogP) is 1.16. The van der Waals surface area contributed by atoms with Crippen molar-refractivity contribution in [3.8, 4) is 0 Å². The Kier molecular flexibility index (Phi) is 73.2. The van der Waals surface area contributed by atoms with Gasteiger partial charge < -0.3 is 40.2 Å². The van der Waals surface area contributed by atoms with Gasteiger partial charge in [-0.2, -0.15) is 0 Å². The summed E-state index contributed by atoms with van der Waals surface area (Å²) in [6, 6.07) is 0. The van der Waals surface area contributed by atoms with Crippen LogP contribution in [0.15, 0.2) is 0 Å². The molecule has 0 heterocycles. The number of Topliss-reactive ketones (excluding diaryl/α,β-unsaturated/α-hetero) is 1. The molecule has 0 spiro atoms. The van der Waals surface area contributed by atoms with E-state index in [1.54, 1.807) is 39.5 Å². The van der Waals surface area contributed by atoms with Crippen molar-refractivity contribution in [1.82, 2.24) is 0 Å². The number of ether oxygens (including phenoxy) is 2. The number of nitrogens with two attached hydrogens (primary N) is 1. The summed E-state index contributed by atoms with van der Waals surface area (Å²) in [5, 5.41) is 16.8. The van der Waals surface area contributed by atoms with Gasteiger partial charge in [-0.05, 0) is 48.1 Å². The van der Waals surface area contributed by atoms with Crippen molar-refractivity contribution in [3.63, 3.8) is 0 Å². The molecule has 0 bridgehead atoms. The molecule has 5 N–H and O–H groups in total. The van der Waals surface area contributed by atoms with Crippen LogP contribution in [0.5, 0.6) is 0 Å². The predicted molar refractivity (Wildman–Crippen MR) is 154 cm³/mol. The highest BCUT2D eigenvalue weighted by Gasteiger charge is 2.04. The van der Waals surface area contributed by atoms with Crippen molar-refractivity contribution in [3.05, 3.63) is 0 Å². The first kappa shape index (κ1) is 43.0. The fraction of sp³-hybridized carbons (Fsp3) is 0.852. The quantitative estimate of drug-likeness (QED) is 0.250. The number of ketones is 1. The lowest BCUT2D eigenvalue weighted by atomic mass is 10.2. The Labute approximate surface area is 239 Å². The van der Waals surface area contributed by atoms with Crippen molar-refractivity contribution in [2.45, 2.75) is 101 Å². The van der Waals surface area contributed by atoms with Crippen LogP contribution in [-0.2, 0) is 28.7 Å². The highest BCUT2D eigenvalue weighted by molar-refractivity contribution is 5.82. The maximum Gasteiger partial charge on any atom is 0.306 e. The number of carbonyl (C=O) groups is 4. The van der Waals surface area contributed by atoms with Gasteiger partial charge >= 0.3 is 11.9 Å². The van der Waals surface area contributed by atoms with Crippen molar-refractivity contribution >= 4 is 23.7 Å². The van der Waals surface area contributed by atoms with E-state index >= 15 is 0 Å². The number of quaternary nitrogens is 1. The van der Waals surface area contributed by atoms with Crippen LogP contribution in [0.25, 0.3) is 0 Å². The average Bonchev–Trinajstić information content (AvgIpc) is 2.95. The first-order valence-electron chi connectivity index (χ1n) is 15.1. The van der Waals surface area contributed by atoms with Crippen LogP contribution in [0, 0.1) is 0 Å². The number of nitrogens with one attached hydrogen (secondary N) is 1. The number of aliphatic hydroxyl groups is 2. The molecule has 0 aliphatic rings. The summed E-state index contributed by atoms with van der Waals surface area (Å²) < 4.78 is 32.9. The molecule has 0 aromatic heterocycles. The van der Waals surface area contributed by atoms with E-state index in [-0.39, 0.29) is 37.6 Å². The van der Waals surface area contributed by atoms with E-state index in [1.807, 2.05) is 0 Å². The van der Waals surface area contributed by atoms with Crippen molar-refractivity contribution < 1.29 is 51.6 Å². The molecule has 0 aliphatic carbocycles. The minimum Gasteiger partial charge on any atom is -0.550 e. The zero-order chi connectivity index (χ0) is 35.2. The molecule has 0 fully saturated rings. The van der Waals surface area contributed by atoms with E-state index in [2.05, 4.69) is 46.2 Å². The molecule has 0 saturated heterocycles. The van der Waals surface area contributed by atoms with Gasteiger partial charge in [-0.3, -0.25) is 14.4 Å². The SMILES string of the molecule is CCOC(=O)CCC(=O)CC.CCOC(=O)CCC(=O)[O-].CC[NH+](CC)CC.CN.[2H]CC.[2H]CC.[3H]OC.[3H]OC. The molecule has 11 nitrogen and oxygen atoms in total. The van der Waals surface area contributed by atoms with Gasteiger partial charge in [0, 0.05) is 35.8 Å². The first-order chi connectivity index (χ1) is 19.9. The molecule has 0 aromatic rings. The summed E-state index contributed by atoms with van der Waals surface area (Å²) in [5.74, 6) is -1.90. The Hall–Kier alpha value is -2.08. The summed E-state index contributed by atoms with van der Waals surface area (Å²) in [5.41, 5.74) is 4.50. The normalized spacial score (nSPS) is 9.08. The summed E-state index contributed by atoms with van der Waals surface area (Å²) in [6.07, 6.45) is 0.671. The number of hydrogen-bond acceptors (Lipinski definition) is 10. The second-order valence-electron chi connectivity index (χ2n) is 5.68. The molecule has 0 saturated carbocycles. The van der Waals surface area contributed by atoms with Gasteiger partial charge in [0.15, 0.2) is 0 Å². The molecule has 0 radical (unpaired) electrons. The molecule has 0 unspecified atom stereocenters. The van der Waals surface area contributed by atoms with E-state index in [0.29, 0.717) is 33.2 Å². The van der Waals surface area contributed by atoms with Crippen molar-refractivity contribution in [2.75, 3.05) is 54.1 Å². The number of carbonyl (C=O) groups excluding carboxylic acids is 4. The maximum absolute atomic E-state index is 10.7. The Morgan fingerprint density at radius 2 is 1.08 bits per heavy atom. The monoisotopic (exact) mass is 566 g/mol. The van der Waals surface area contributed by atoms with Gasteiger partial charge in [0.1, 0.15) is 5.78 Å². The summed E-state index contributed by atoms with van der Waals surface area (Å²) in [4.78, 5) is 43.3. The molecule has 38 heavy (non-hydrogen) atoms. The number of hydrogen-bond donors (Lipinski definition) is 4. The van der Waals surface area contributed by atoms with Crippen LogP contribution in [-0.4, -0.2) is 90.9 Å². The average molecular weight is 567 g/mol. The van der Waals surface area contributed by atoms with Gasteiger partial charge in [0.2, 0.25) is 2.86 Å². The molecule has 0 aliphatic heterocycles. The smallest absolute Gasteiger partial charge is 0.306 e. The standard InChI is InChI=1S/C8H14O3.C6H15N.C6H10O4.2C2H6.CH5N.2CH4O/c1-3-7(9)5-6-8(10)11-4-2;1-4-7(5-2)6-3;1-2-10-6(9)4-3-5(7)8;5*1-2/h3-6H2,1-2H3;4-6H2,1-3H3;2-4H2,1H3,(H,7,8);2*1-2H3;2H2,1H3;2*2H,1H3/i;;;2*1D;;2*2T. The Morgan fingerprint density at radius 3 is 1.26 bits per heavy atom. The van der Waals surface area contributed by atoms with Crippen molar-refractivity contribution in [2.24, 2.45) is 5.73 Å². The molecular weight excluding hydrogens is 496 g/mol. The van der Waals surface area contributed by atoms with Crippen LogP contribution >= 0.6 is 0 Å². The van der Waals surface area contributed by atoms with Crippen LogP contribution in [0.3, 0.4) is 0 Å². The molecular formula is C27H64N2O9. The summed E-state index contributed by atoms with van der Waals surface area (Å²) in [7, 11) is 4.08. The minimum atomic E-state index is -1.23. The Bertz CT molecular complexity index is 493. The van der Waals surface area contributed by atoms with Gasteiger partial charge in [0.05, 0.1) is 45.7 Å². The van der Waals surface area contributed by atoms with Gasteiger partial charge in [-0.15, -0.1) is 0 Å². The van der Waals surface area contributed by atoms with E-state index < -0.39 is 11.9 Å². The minimum absolute atomic E-state index is 0.101. The van der Waals surface area contributed by atoms with E-state index in [9.17, 15) is 24.3 Å². The maximum atomic E-state index is 10.7. The van der Waals surface area contributed by atoms with Crippen molar-refractivity contribution in [1.29, 1.82) is 2.86 Å². The highest BCUT2D eigenvalue weighted by atomic mass is 16.5. The number of aliphatic hydroxyl groups excluding tert-OH is 2. The van der Waals surface area contributed by atoms with Crippen LogP contribution in [0.2, 0.25) is 0 Å². The zero-order valence-corrected chi connectivity index (χ0v) is 26.2. The molecule has 236 valence electrons. The number of carboxylic acid groups (broad SMARTS) is 1. The van der Waals surface area contributed by atoms with Gasteiger partial charge in [-0.1, -0.05) is 34.6 Å². The highest BCUT2D eigenvalue weighted by Crippen LogP contribution is 1.96. The number of aliphatic carboxylic acids is 1. The molecule has 0 amide bonds. The third-order valence-electron chi connectivity index (χ3n) is 3.65. The number of esters is 2. The van der Waals surface area contributed by atoms with Crippen LogP contribution in [0.4, 0.5) is 0 Å². The molecule has 0 aromatic carbocycles. The number of carboxylic acids is 1. The summed E-state index contributed by atoms with van der Waals surface area (Å²) in [6.45, 7) is 20.9. The molecule has 11 heteroatoms. The molecule has 0 rings (SSSR count). The third-order valence-corrected chi connectivity index (χ3v) is 3.65. The zero-order valence-electron chi connectivity index (χ0n) is 30.2. The number of rotatable bonds is 12. The molecule has 0 atom stereocenters. The fourth-order valence-electron chi connectivity index (χ4n) is 1.84.